The standard InChI is InChI=1S/C15H20N2O2/c1-11-6-8-17(9-7-11)15(19)16-14-5-3-4-13(10-18)12(14)2/h3-5,10-11H,6-9H2,1-2H3,(H,16,19). The normalized spacial score (nSPS) is 16.2. The van der Waals surface area contributed by atoms with Crippen molar-refractivity contribution in [3.8, 4) is 0 Å². The van der Waals surface area contributed by atoms with Gasteiger partial charge in [-0.2, -0.15) is 0 Å². The second-order valence-electron chi connectivity index (χ2n) is 5.24. The van der Waals surface area contributed by atoms with Gasteiger partial charge >= 0.3 is 6.03 Å². The van der Waals surface area contributed by atoms with Crippen LogP contribution in [0.15, 0.2) is 18.2 Å². The van der Waals surface area contributed by atoms with Crippen LogP contribution < -0.4 is 5.32 Å². The van der Waals surface area contributed by atoms with E-state index in [2.05, 4.69) is 12.2 Å². The zero-order valence-electron chi connectivity index (χ0n) is 11.5. The van der Waals surface area contributed by atoms with E-state index >= 15 is 0 Å². The van der Waals surface area contributed by atoms with Crippen LogP contribution in [-0.4, -0.2) is 30.3 Å². The summed E-state index contributed by atoms with van der Waals surface area (Å²) in [4.78, 5) is 24.9. The molecule has 1 aromatic carbocycles. The summed E-state index contributed by atoms with van der Waals surface area (Å²) in [5, 5.41) is 2.90. The number of carbonyl (C=O) groups is 2. The lowest BCUT2D eigenvalue weighted by atomic mass is 10.00. The van der Waals surface area contributed by atoms with Crippen LogP contribution in [0.4, 0.5) is 10.5 Å². The summed E-state index contributed by atoms with van der Waals surface area (Å²) in [6, 6.07) is 5.29. The predicted molar refractivity (Wildman–Crippen MR) is 75.6 cm³/mol. The molecule has 4 nitrogen and oxygen atoms in total. The fourth-order valence-electron chi connectivity index (χ4n) is 2.32. The second-order valence-corrected chi connectivity index (χ2v) is 5.24. The Hall–Kier alpha value is -1.84. The van der Waals surface area contributed by atoms with Crippen LogP contribution in [0.25, 0.3) is 0 Å². The van der Waals surface area contributed by atoms with Gasteiger partial charge in [-0.15, -0.1) is 0 Å². The number of hydrogen-bond donors (Lipinski definition) is 1. The fourth-order valence-corrected chi connectivity index (χ4v) is 2.32. The van der Waals surface area contributed by atoms with Crippen molar-refractivity contribution >= 4 is 18.0 Å². The summed E-state index contributed by atoms with van der Waals surface area (Å²) in [7, 11) is 0. The molecule has 1 saturated heterocycles. The highest BCUT2D eigenvalue weighted by atomic mass is 16.2. The van der Waals surface area contributed by atoms with E-state index in [1.165, 1.54) is 0 Å². The van der Waals surface area contributed by atoms with Crippen LogP contribution >= 0.6 is 0 Å². The molecule has 1 N–H and O–H groups in total. The highest BCUT2D eigenvalue weighted by molar-refractivity contribution is 5.92. The van der Waals surface area contributed by atoms with E-state index in [9.17, 15) is 9.59 Å². The molecule has 1 fully saturated rings. The lowest BCUT2D eigenvalue weighted by molar-refractivity contribution is 0.112. The first-order valence-corrected chi connectivity index (χ1v) is 6.72. The molecule has 19 heavy (non-hydrogen) atoms. The number of benzene rings is 1. The molecule has 102 valence electrons. The quantitative estimate of drug-likeness (QED) is 0.831. The number of anilines is 1. The highest BCUT2D eigenvalue weighted by Gasteiger charge is 2.20. The first-order chi connectivity index (χ1) is 9.11. The summed E-state index contributed by atoms with van der Waals surface area (Å²) in [6.45, 7) is 5.67. The molecule has 0 aromatic heterocycles. The van der Waals surface area contributed by atoms with Gasteiger partial charge in [0.2, 0.25) is 0 Å². The van der Waals surface area contributed by atoms with E-state index in [0.717, 1.165) is 37.8 Å². The van der Waals surface area contributed by atoms with Gasteiger partial charge in [-0.3, -0.25) is 4.79 Å². The van der Waals surface area contributed by atoms with Gasteiger partial charge in [-0.25, -0.2) is 4.79 Å². The Balaban J connectivity index is 2.05. The van der Waals surface area contributed by atoms with Crippen molar-refractivity contribution in [2.24, 2.45) is 5.92 Å². The third-order valence-corrected chi connectivity index (χ3v) is 3.82. The number of aldehydes is 1. The molecule has 1 aliphatic heterocycles. The number of hydrogen-bond acceptors (Lipinski definition) is 2. The van der Waals surface area contributed by atoms with Gasteiger partial charge in [0.1, 0.15) is 6.29 Å². The van der Waals surface area contributed by atoms with E-state index < -0.39 is 0 Å². The highest BCUT2D eigenvalue weighted by Crippen LogP contribution is 2.20. The zero-order valence-corrected chi connectivity index (χ0v) is 11.5. The molecule has 0 saturated carbocycles. The topological polar surface area (TPSA) is 49.4 Å². The number of nitrogens with one attached hydrogen (secondary N) is 1. The van der Waals surface area contributed by atoms with Crippen molar-refractivity contribution in [2.75, 3.05) is 18.4 Å². The average Bonchev–Trinajstić information content (AvgIpc) is 2.42. The lowest BCUT2D eigenvalue weighted by Gasteiger charge is -2.30. The Labute approximate surface area is 113 Å². The molecule has 0 aliphatic carbocycles. The summed E-state index contributed by atoms with van der Waals surface area (Å²) < 4.78 is 0. The number of piperidine rings is 1. The van der Waals surface area contributed by atoms with Crippen LogP contribution in [0.3, 0.4) is 0 Å². The maximum Gasteiger partial charge on any atom is 0.321 e. The van der Waals surface area contributed by atoms with Gasteiger partial charge in [0.15, 0.2) is 0 Å². The summed E-state index contributed by atoms with van der Waals surface area (Å²) in [5.74, 6) is 0.698. The molecule has 4 heteroatoms. The first-order valence-electron chi connectivity index (χ1n) is 6.72. The van der Waals surface area contributed by atoms with E-state index in [-0.39, 0.29) is 6.03 Å². The molecule has 2 rings (SSSR count). The number of likely N-dealkylation sites (tertiary alicyclic amines) is 1. The Morgan fingerprint density at radius 3 is 2.68 bits per heavy atom. The van der Waals surface area contributed by atoms with Crippen LogP contribution in [0.1, 0.15) is 35.7 Å². The smallest absolute Gasteiger partial charge is 0.321 e. The second kappa shape index (κ2) is 5.87. The maximum absolute atomic E-state index is 12.2. The molecule has 0 atom stereocenters. The van der Waals surface area contributed by atoms with Crippen molar-refractivity contribution in [2.45, 2.75) is 26.7 Å². The zero-order chi connectivity index (χ0) is 13.8. The number of carbonyl (C=O) groups excluding carboxylic acids is 2. The number of rotatable bonds is 2. The van der Waals surface area contributed by atoms with Crippen LogP contribution in [0, 0.1) is 12.8 Å². The van der Waals surface area contributed by atoms with E-state index in [1.54, 1.807) is 12.1 Å². The molecule has 1 aromatic rings. The minimum absolute atomic E-state index is 0.0713. The van der Waals surface area contributed by atoms with Crippen molar-refractivity contribution < 1.29 is 9.59 Å². The minimum Gasteiger partial charge on any atom is -0.325 e. The Bertz CT molecular complexity index is 477. The van der Waals surface area contributed by atoms with E-state index in [1.807, 2.05) is 17.9 Å². The monoisotopic (exact) mass is 260 g/mol. The van der Waals surface area contributed by atoms with E-state index in [4.69, 9.17) is 0 Å². The molecule has 1 aliphatic rings. The lowest BCUT2D eigenvalue weighted by Crippen LogP contribution is -2.40. The van der Waals surface area contributed by atoms with Crippen LogP contribution in [0.5, 0.6) is 0 Å². The van der Waals surface area contributed by atoms with Gasteiger partial charge in [0.25, 0.3) is 0 Å². The average molecular weight is 260 g/mol. The maximum atomic E-state index is 12.2. The molecule has 1 heterocycles. The molecule has 2 amide bonds. The van der Waals surface area contributed by atoms with Crippen LogP contribution in [0.2, 0.25) is 0 Å². The van der Waals surface area contributed by atoms with Gasteiger partial charge in [-0.05, 0) is 37.3 Å². The van der Waals surface area contributed by atoms with Crippen molar-refractivity contribution in [1.82, 2.24) is 4.90 Å². The molecule has 0 unspecified atom stereocenters. The summed E-state index contributed by atoms with van der Waals surface area (Å²) in [5.41, 5.74) is 2.15. The molecule has 0 spiro atoms. The Morgan fingerprint density at radius 2 is 2.05 bits per heavy atom. The fraction of sp³-hybridized carbons (Fsp3) is 0.467. The summed E-state index contributed by atoms with van der Waals surface area (Å²) in [6.07, 6.45) is 2.93. The Kier molecular flexibility index (Phi) is 4.20. The number of urea groups is 1. The predicted octanol–water partition coefficient (Wildman–Crippen LogP) is 3.07. The van der Waals surface area contributed by atoms with Crippen molar-refractivity contribution in [1.29, 1.82) is 0 Å². The number of nitrogens with zero attached hydrogens (tertiary/aromatic N) is 1. The van der Waals surface area contributed by atoms with Crippen molar-refractivity contribution in [3.63, 3.8) is 0 Å². The third kappa shape index (κ3) is 3.13. The van der Waals surface area contributed by atoms with Gasteiger partial charge in [0.05, 0.1) is 0 Å². The third-order valence-electron chi connectivity index (χ3n) is 3.82. The number of amides is 2. The minimum atomic E-state index is -0.0713. The molecular weight excluding hydrogens is 240 g/mol. The Morgan fingerprint density at radius 1 is 1.37 bits per heavy atom. The largest absolute Gasteiger partial charge is 0.325 e. The molecular formula is C15H20N2O2. The SMILES string of the molecule is Cc1c(C=O)cccc1NC(=O)N1CCC(C)CC1. The van der Waals surface area contributed by atoms with Crippen LogP contribution in [-0.2, 0) is 0 Å². The van der Waals surface area contributed by atoms with Gasteiger partial charge < -0.3 is 10.2 Å². The van der Waals surface area contributed by atoms with Gasteiger partial charge in [-0.1, -0.05) is 19.1 Å². The molecule has 0 radical (unpaired) electrons. The first kappa shape index (κ1) is 13.6. The van der Waals surface area contributed by atoms with E-state index in [0.29, 0.717) is 17.2 Å². The van der Waals surface area contributed by atoms with Gasteiger partial charge in [0, 0.05) is 24.3 Å². The van der Waals surface area contributed by atoms with Crippen molar-refractivity contribution in [3.05, 3.63) is 29.3 Å². The molecule has 0 bridgehead atoms. The summed E-state index contributed by atoms with van der Waals surface area (Å²) >= 11 is 0.